The molecule has 138 valence electrons. The highest BCUT2D eigenvalue weighted by atomic mass is 35.5. The molecule has 1 aromatic carbocycles. The molecule has 0 radical (unpaired) electrons. The standard InChI is InChI=1S/C17H24ClN3O4/c1-11(2)21(17(24)12(3)18)10-16(23)19-9-15(22)20-13-5-7-14(25-4)8-6-13/h5-8,11-12H,9-10H2,1-4H3,(H,19,23)(H,20,22)/t12-/m1/s1. The Kier molecular flexibility index (Phi) is 8.21. The lowest BCUT2D eigenvalue weighted by Crippen LogP contribution is -2.47. The van der Waals surface area contributed by atoms with E-state index in [1.807, 2.05) is 0 Å². The largest absolute Gasteiger partial charge is 0.497 e. The van der Waals surface area contributed by atoms with Gasteiger partial charge < -0.3 is 20.3 Å². The van der Waals surface area contributed by atoms with Gasteiger partial charge in [0.2, 0.25) is 17.7 Å². The van der Waals surface area contributed by atoms with Crippen LogP contribution in [0.5, 0.6) is 5.75 Å². The Morgan fingerprint density at radius 3 is 2.20 bits per heavy atom. The number of anilines is 1. The van der Waals surface area contributed by atoms with Gasteiger partial charge in [-0.1, -0.05) is 0 Å². The van der Waals surface area contributed by atoms with Gasteiger partial charge in [0.25, 0.3) is 0 Å². The number of amides is 3. The first-order valence-electron chi connectivity index (χ1n) is 7.89. The summed E-state index contributed by atoms with van der Waals surface area (Å²) in [6, 6.07) is 6.65. The van der Waals surface area contributed by atoms with Crippen LogP contribution in [0.3, 0.4) is 0 Å². The SMILES string of the molecule is COc1ccc(NC(=O)CNC(=O)CN(C(=O)[C@@H](C)Cl)C(C)C)cc1. The Labute approximate surface area is 152 Å². The molecule has 0 aliphatic carbocycles. The van der Waals surface area contributed by atoms with E-state index in [-0.39, 0.29) is 30.9 Å². The van der Waals surface area contributed by atoms with Gasteiger partial charge in [-0.2, -0.15) is 0 Å². The molecule has 2 N–H and O–H groups in total. The molecule has 0 bridgehead atoms. The Hall–Kier alpha value is -2.28. The van der Waals surface area contributed by atoms with Crippen LogP contribution < -0.4 is 15.4 Å². The first kappa shape index (κ1) is 20.8. The number of rotatable bonds is 8. The number of hydrogen-bond donors (Lipinski definition) is 2. The number of nitrogens with zero attached hydrogens (tertiary/aromatic N) is 1. The van der Waals surface area contributed by atoms with Crippen molar-refractivity contribution in [1.82, 2.24) is 10.2 Å². The molecule has 7 nitrogen and oxygen atoms in total. The predicted molar refractivity (Wildman–Crippen MR) is 96.8 cm³/mol. The van der Waals surface area contributed by atoms with E-state index in [9.17, 15) is 14.4 Å². The number of halogens is 1. The quantitative estimate of drug-likeness (QED) is 0.681. The van der Waals surface area contributed by atoms with Crippen LogP contribution in [0.2, 0.25) is 0 Å². The van der Waals surface area contributed by atoms with Crippen molar-refractivity contribution in [3.05, 3.63) is 24.3 Å². The lowest BCUT2D eigenvalue weighted by molar-refractivity contribution is -0.137. The number of hydrogen-bond acceptors (Lipinski definition) is 4. The van der Waals surface area contributed by atoms with Crippen molar-refractivity contribution in [2.24, 2.45) is 0 Å². The molecule has 0 aliphatic rings. The fourth-order valence-electron chi connectivity index (χ4n) is 2.01. The number of carbonyl (C=O) groups is 3. The minimum atomic E-state index is -0.714. The highest BCUT2D eigenvalue weighted by molar-refractivity contribution is 6.30. The number of nitrogens with one attached hydrogen (secondary N) is 2. The highest BCUT2D eigenvalue weighted by Gasteiger charge is 2.23. The Morgan fingerprint density at radius 1 is 1.12 bits per heavy atom. The van der Waals surface area contributed by atoms with Gasteiger partial charge in [-0.3, -0.25) is 14.4 Å². The second-order valence-electron chi connectivity index (χ2n) is 5.73. The molecule has 1 rings (SSSR count). The monoisotopic (exact) mass is 369 g/mol. The molecule has 1 aromatic rings. The van der Waals surface area contributed by atoms with E-state index in [4.69, 9.17) is 16.3 Å². The van der Waals surface area contributed by atoms with E-state index >= 15 is 0 Å². The third-order valence-electron chi connectivity index (χ3n) is 3.38. The summed E-state index contributed by atoms with van der Waals surface area (Å²) < 4.78 is 5.03. The van der Waals surface area contributed by atoms with E-state index in [1.54, 1.807) is 52.1 Å². The fourth-order valence-corrected chi connectivity index (χ4v) is 2.14. The Balaban J connectivity index is 2.48. The lowest BCUT2D eigenvalue weighted by Gasteiger charge is -2.27. The number of alkyl halides is 1. The molecule has 8 heteroatoms. The highest BCUT2D eigenvalue weighted by Crippen LogP contribution is 2.14. The number of carbonyl (C=O) groups excluding carboxylic acids is 3. The first-order valence-corrected chi connectivity index (χ1v) is 8.33. The summed E-state index contributed by atoms with van der Waals surface area (Å²) in [5.74, 6) is -0.441. The molecule has 0 aromatic heterocycles. The zero-order chi connectivity index (χ0) is 19.0. The van der Waals surface area contributed by atoms with Crippen LogP contribution in [0, 0.1) is 0 Å². The van der Waals surface area contributed by atoms with Crippen molar-refractivity contribution >= 4 is 35.0 Å². The minimum absolute atomic E-state index is 0.149. The zero-order valence-corrected chi connectivity index (χ0v) is 15.6. The second-order valence-corrected chi connectivity index (χ2v) is 6.38. The maximum absolute atomic E-state index is 12.0. The van der Waals surface area contributed by atoms with Gasteiger partial charge in [-0.15, -0.1) is 11.6 Å². The van der Waals surface area contributed by atoms with Gasteiger partial charge in [0, 0.05) is 11.7 Å². The molecule has 0 heterocycles. The summed E-state index contributed by atoms with van der Waals surface area (Å²) in [5, 5.41) is 4.43. The van der Waals surface area contributed by atoms with Crippen molar-refractivity contribution in [3.8, 4) is 5.75 Å². The molecular formula is C17H24ClN3O4. The van der Waals surface area contributed by atoms with Gasteiger partial charge in [0.15, 0.2) is 0 Å². The Bertz CT molecular complexity index is 602. The van der Waals surface area contributed by atoms with Gasteiger partial charge in [0.1, 0.15) is 11.1 Å². The van der Waals surface area contributed by atoms with Gasteiger partial charge >= 0.3 is 0 Å². The summed E-state index contributed by atoms with van der Waals surface area (Å²) >= 11 is 5.79. The lowest BCUT2D eigenvalue weighted by atomic mass is 10.2. The molecule has 1 atom stereocenters. The summed E-state index contributed by atoms with van der Waals surface area (Å²) in [5.41, 5.74) is 0.593. The molecule has 0 aliphatic heterocycles. The maximum Gasteiger partial charge on any atom is 0.243 e. The second kappa shape index (κ2) is 9.88. The van der Waals surface area contributed by atoms with E-state index in [0.29, 0.717) is 11.4 Å². The number of ether oxygens (including phenoxy) is 1. The van der Waals surface area contributed by atoms with E-state index < -0.39 is 11.3 Å². The molecule has 25 heavy (non-hydrogen) atoms. The average Bonchev–Trinajstić information content (AvgIpc) is 2.57. The number of methoxy groups -OCH3 is 1. The molecule has 0 unspecified atom stereocenters. The molecule has 0 spiro atoms. The van der Waals surface area contributed by atoms with Gasteiger partial charge in [-0.05, 0) is 45.0 Å². The summed E-state index contributed by atoms with van der Waals surface area (Å²) in [4.78, 5) is 37.2. The zero-order valence-electron chi connectivity index (χ0n) is 14.8. The van der Waals surface area contributed by atoms with Crippen molar-refractivity contribution < 1.29 is 19.1 Å². The van der Waals surface area contributed by atoms with Crippen LogP contribution in [0.15, 0.2) is 24.3 Å². The normalized spacial score (nSPS) is 11.6. The molecule has 0 fully saturated rings. The summed E-state index contributed by atoms with van der Waals surface area (Å²) in [7, 11) is 1.55. The minimum Gasteiger partial charge on any atom is -0.497 e. The van der Waals surface area contributed by atoms with Crippen LogP contribution in [0.1, 0.15) is 20.8 Å². The number of benzene rings is 1. The third kappa shape index (κ3) is 7.01. The van der Waals surface area contributed by atoms with Crippen LogP contribution in [-0.4, -0.2) is 54.2 Å². The summed E-state index contributed by atoms with van der Waals surface area (Å²) in [6.45, 7) is 4.80. The van der Waals surface area contributed by atoms with Crippen LogP contribution >= 0.6 is 11.6 Å². The smallest absolute Gasteiger partial charge is 0.243 e. The van der Waals surface area contributed by atoms with E-state index in [2.05, 4.69) is 10.6 Å². The van der Waals surface area contributed by atoms with Crippen LogP contribution in [0.25, 0.3) is 0 Å². The van der Waals surface area contributed by atoms with E-state index in [1.165, 1.54) is 4.90 Å². The van der Waals surface area contributed by atoms with Crippen molar-refractivity contribution in [1.29, 1.82) is 0 Å². The fraction of sp³-hybridized carbons (Fsp3) is 0.471. The maximum atomic E-state index is 12.0. The summed E-state index contributed by atoms with van der Waals surface area (Å²) in [6.07, 6.45) is 0. The molecule has 0 saturated heterocycles. The van der Waals surface area contributed by atoms with Crippen molar-refractivity contribution in [2.75, 3.05) is 25.5 Å². The molecule has 0 saturated carbocycles. The van der Waals surface area contributed by atoms with Gasteiger partial charge in [0.05, 0.1) is 20.2 Å². The first-order chi connectivity index (χ1) is 11.7. The van der Waals surface area contributed by atoms with Crippen LogP contribution in [0.4, 0.5) is 5.69 Å². The molecule has 3 amide bonds. The predicted octanol–water partition coefficient (Wildman–Crippen LogP) is 1.61. The third-order valence-corrected chi connectivity index (χ3v) is 3.57. The van der Waals surface area contributed by atoms with Gasteiger partial charge in [-0.25, -0.2) is 0 Å². The van der Waals surface area contributed by atoms with E-state index in [0.717, 1.165) is 0 Å². The van der Waals surface area contributed by atoms with Crippen LogP contribution in [-0.2, 0) is 14.4 Å². The Morgan fingerprint density at radius 2 is 1.72 bits per heavy atom. The topological polar surface area (TPSA) is 87.7 Å². The van der Waals surface area contributed by atoms with Crippen molar-refractivity contribution in [3.63, 3.8) is 0 Å². The average molecular weight is 370 g/mol. The van der Waals surface area contributed by atoms with Crippen molar-refractivity contribution in [2.45, 2.75) is 32.2 Å². The molecular weight excluding hydrogens is 346 g/mol.